The highest BCUT2D eigenvalue weighted by Crippen LogP contribution is 2.23. The zero-order valence-electron chi connectivity index (χ0n) is 13.6. The zero-order chi connectivity index (χ0) is 16.8. The van der Waals surface area contributed by atoms with Gasteiger partial charge < -0.3 is 14.8 Å². The van der Waals surface area contributed by atoms with Gasteiger partial charge in [0.2, 0.25) is 0 Å². The lowest BCUT2D eigenvalue weighted by molar-refractivity contribution is 0.473. The summed E-state index contributed by atoms with van der Waals surface area (Å²) in [5, 5.41) is 4.48. The van der Waals surface area contributed by atoms with E-state index >= 15 is 0 Å². The first-order valence-electron chi connectivity index (χ1n) is 7.34. The van der Waals surface area contributed by atoms with Gasteiger partial charge in [-0.3, -0.25) is 4.99 Å². The van der Waals surface area contributed by atoms with E-state index in [1.165, 1.54) is 0 Å². The molecule has 0 fully saturated rings. The van der Waals surface area contributed by atoms with Crippen LogP contribution in [0, 0.1) is 6.92 Å². The number of guanidine groups is 1. The fourth-order valence-electron chi connectivity index (χ4n) is 2.30. The molecule has 0 saturated carbocycles. The number of aliphatic imine (C=N–C) groups is 1. The number of aryl methyl sites for hydroxylation is 1. The van der Waals surface area contributed by atoms with E-state index in [1.54, 1.807) is 13.2 Å². The number of hydrogen-bond acceptors (Lipinski definition) is 2. The molecule has 0 atom stereocenters. The van der Waals surface area contributed by atoms with Gasteiger partial charge in [-0.1, -0.05) is 29.3 Å². The Kier molecular flexibility index (Phi) is 6.30. The van der Waals surface area contributed by atoms with Gasteiger partial charge in [0.1, 0.15) is 5.82 Å². The van der Waals surface area contributed by atoms with Crippen molar-refractivity contribution in [2.75, 3.05) is 20.6 Å². The topological polar surface area (TPSA) is 45.5 Å². The Morgan fingerprint density at radius 2 is 2.13 bits per heavy atom. The summed E-state index contributed by atoms with van der Waals surface area (Å²) in [4.78, 5) is 10.6. The molecule has 0 amide bonds. The van der Waals surface area contributed by atoms with Crippen molar-refractivity contribution in [3.8, 4) is 0 Å². The highest BCUT2D eigenvalue weighted by Gasteiger charge is 2.08. The largest absolute Gasteiger partial charge is 0.354 e. The van der Waals surface area contributed by atoms with E-state index < -0.39 is 0 Å². The van der Waals surface area contributed by atoms with Gasteiger partial charge in [-0.25, -0.2) is 4.98 Å². The van der Waals surface area contributed by atoms with Crippen molar-refractivity contribution >= 4 is 29.2 Å². The Labute approximate surface area is 146 Å². The fraction of sp³-hybridized carbons (Fsp3) is 0.375. The second kappa shape index (κ2) is 8.22. The molecule has 0 unspecified atom stereocenters. The minimum absolute atomic E-state index is 0.566. The monoisotopic (exact) mass is 353 g/mol. The van der Waals surface area contributed by atoms with Crippen molar-refractivity contribution in [2.45, 2.75) is 20.0 Å². The number of benzene rings is 1. The number of nitrogens with zero attached hydrogens (tertiary/aromatic N) is 4. The Morgan fingerprint density at radius 3 is 2.74 bits per heavy atom. The van der Waals surface area contributed by atoms with E-state index in [1.807, 2.05) is 43.3 Å². The first-order chi connectivity index (χ1) is 11.0. The van der Waals surface area contributed by atoms with E-state index in [-0.39, 0.29) is 0 Å². The Hall–Kier alpha value is -1.72. The van der Waals surface area contributed by atoms with Crippen molar-refractivity contribution < 1.29 is 0 Å². The minimum Gasteiger partial charge on any atom is -0.354 e. The van der Waals surface area contributed by atoms with Crippen LogP contribution >= 0.6 is 23.2 Å². The molecule has 0 radical (unpaired) electrons. The summed E-state index contributed by atoms with van der Waals surface area (Å²) in [6, 6.07) is 5.65. The number of imidazole rings is 1. The summed E-state index contributed by atoms with van der Waals surface area (Å²) < 4.78 is 2.10. The average Bonchev–Trinajstić information content (AvgIpc) is 2.92. The highest BCUT2D eigenvalue weighted by atomic mass is 35.5. The molecule has 124 valence electrons. The summed E-state index contributed by atoms with van der Waals surface area (Å²) in [5.41, 5.74) is 1.08. The van der Waals surface area contributed by atoms with Crippen LogP contribution in [0.15, 0.2) is 35.6 Å². The maximum atomic E-state index is 6.06. The van der Waals surface area contributed by atoms with Crippen LogP contribution in [-0.2, 0) is 13.1 Å². The summed E-state index contributed by atoms with van der Waals surface area (Å²) in [6.07, 6.45) is 3.78. The molecule has 0 aliphatic rings. The normalized spacial score (nSPS) is 11.6. The molecule has 0 aliphatic heterocycles. The number of halogens is 2. The van der Waals surface area contributed by atoms with Crippen LogP contribution in [-0.4, -0.2) is 41.1 Å². The third-order valence-electron chi connectivity index (χ3n) is 3.54. The summed E-state index contributed by atoms with van der Waals surface area (Å²) in [7, 11) is 3.76. The van der Waals surface area contributed by atoms with E-state index in [0.29, 0.717) is 16.6 Å². The van der Waals surface area contributed by atoms with Gasteiger partial charge >= 0.3 is 0 Å². The number of rotatable bonds is 5. The lowest BCUT2D eigenvalue weighted by Gasteiger charge is -2.22. The van der Waals surface area contributed by atoms with Crippen molar-refractivity contribution in [3.05, 3.63) is 52.0 Å². The smallest absolute Gasteiger partial charge is 0.193 e. The number of nitrogens with one attached hydrogen (secondary N) is 1. The van der Waals surface area contributed by atoms with Gasteiger partial charge in [0.15, 0.2) is 5.96 Å². The van der Waals surface area contributed by atoms with Crippen molar-refractivity contribution in [1.29, 1.82) is 0 Å². The maximum Gasteiger partial charge on any atom is 0.193 e. The standard InChI is InChI=1S/C16H21Cl2N5/c1-12-20-6-8-23(12)9-7-21-16(19-2)22(3)11-13-4-5-14(17)15(18)10-13/h4-6,8,10H,7,9,11H2,1-3H3,(H,19,21). The van der Waals surface area contributed by atoms with Crippen LogP contribution in [0.5, 0.6) is 0 Å². The molecule has 5 nitrogen and oxygen atoms in total. The molecule has 2 rings (SSSR count). The summed E-state index contributed by atoms with van der Waals surface area (Å²) >= 11 is 12.0. The maximum absolute atomic E-state index is 6.06. The van der Waals surface area contributed by atoms with Gasteiger partial charge in [0.05, 0.1) is 10.0 Å². The molecular weight excluding hydrogens is 333 g/mol. The van der Waals surface area contributed by atoms with E-state index in [0.717, 1.165) is 30.4 Å². The Morgan fingerprint density at radius 1 is 1.35 bits per heavy atom. The van der Waals surface area contributed by atoms with E-state index in [4.69, 9.17) is 23.2 Å². The predicted octanol–water partition coefficient (Wildman–Crippen LogP) is 3.21. The summed E-state index contributed by atoms with van der Waals surface area (Å²) in [6.45, 7) is 4.30. The van der Waals surface area contributed by atoms with Crippen LogP contribution in [0.4, 0.5) is 0 Å². The van der Waals surface area contributed by atoms with Crippen LogP contribution in [0.1, 0.15) is 11.4 Å². The van der Waals surface area contributed by atoms with Gasteiger partial charge in [-0.15, -0.1) is 0 Å². The minimum atomic E-state index is 0.566. The molecule has 7 heteroatoms. The second-order valence-corrected chi connectivity index (χ2v) is 6.06. The van der Waals surface area contributed by atoms with Crippen LogP contribution in [0.2, 0.25) is 10.0 Å². The molecule has 0 spiro atoms. The molecule has 2 aromatic rings. The number of hydrogen-bond donors (Lipinski definition) is 1. The molecule has 1 heterocycles. The number of aromatic nitrogens is 2. The van der Waals surface area contributed by atoms with Crippen molar-refractivity contribution in [2.24, 2.45) is 4.99 Å². The molecular formula is C16H21Cl2N5. The lowest BCUT2D eigenvalue weighted by Crippen LogP contribution is -2.39. The molecule has 1 aromatic heterocycles. The molecule has 23 heavy (non-hydrogen) atoms. The van der Waals surface area contributed by atoms with E-state index in [9.17, 15) is 0 Å². The first kappa shape index (κ1) is 17.6. The third-order valence-corrected chi connectivity index (χ3v) is 4.28. The molecule has 0 saturated heterocycles. The van der Waals surface area contributed by atoms with Crippen LogP contribution < -0.4 is 5.32 Å². The molecule has 1 N–H and O–H groups in total. The van der Waals surface area contributed by atoms with Gasteiger partial charge in [0, 0.05) is 46.1 Å². The molecule has 0 aliphatic carbocycles. The highest BCUT2D eigenvalue weighted by molar-refractivity contribution is 6.42. The zero-order valence-corrected chi connectivity index (χ0v) is 15.1. The van der Waals surface area contributed by atoms with Crippen LogP contribution in [0.3, 0.4) is 0 Å². The van der Waals surface area contributed by atoms with Gasteiger partial charge in [-0.2, -0.15) is 0 Å². The fourth-order valence-corrected chi connectivity index (χ4v) is 2.62. The predicted molar refractivity (Wildman–Crippen MR) is 96.3 cm³/mol. The molecule has 0 bridgehead atoms. The summed E-state index contributed by atoms with van der Waals surface area (Å²) in [5.74, 6) is 1.83. The van der Waals surface area contributed by atoms with Gasteiger partial charge in [0.25, 0.3) is 0 Å². The quantitative estimate of drug-likeness (QED) is 0.663. The van der Waals surface area contributed by atoms with E-state index in [2.05, 4.69) is 19.9 Å². The SMILES string of the molecule is CN=C(NCCn1ccnc1C)N(C)Cc1ccc(Cl)c(Cl)c1. The molecule has 1 aromatic carbocycles. The van der Waals surface area contributed by atoms with Crippen molar-refractivity contribution in [1.82, 2.24) is 19.8 Å². The average molecular weight is 354 g/mol. The lowest BCUT2D eigenvalue weighted by atomic mass is 10.2. The second-order valence-electron chi connectivity index (χ2n) is 5.25. The third kappa shape index (κ3) is 4.88. The van der Waals surface area contributed by atoms with Crippen LogP contribution in [0.25, 0.3) is 0 Å². The first-order valence-corrected chi connectivity index (χ1v) is 8.10. The van der Waals surface area contributed by atoms with Gasteiger partial charge in [-0.05, 0) is 24.6 Å². The van der Waals surface area contributed by atoms with Crippen molar-refractivity contribution in [3.63, 3.8) is 0 Å². The Bertz CT molecular complexity index is 681. The Balaban J connectivity index is 1.89.